The first-order chi connectivity index (χ1) is 6.33. The van der Waals surface area contributed by atoms with Crippen molar-refractivity contribution in [2.45, 2.75) is 33.1 Å². The molecule has 1 rings (SSSR count). The van der Waals surface area contributed by atoms with Crippen LogP contribution >= 0.6 is 0 Å². The smallest absolute Gasteiger partial charge is 0.0478 e. The molecule has 78 valence electrons. The number of hydrogen-bond donors (Lipinski definition) is 0. The van der Waals surface area contributed by atoms with Crippen molar-refractivity contribution in [3.8, 4) is 0 Å². The molecule has 1 fully saturated rings. The summed E-state index contributed by atoms with van der Waals surface area (Å²) in [7, 11) is 0. The van der Waals surface area contributed by atoms with Gasteiger partial charge in [0.15, 0.2) is 0 Å². The zero-order valence-corrected chi connectivity index (χ0v) is 9.09. The van der Waals surface area contributed by atoms with E-state index in [1.165, 1.54) is 38.9 Å². The Bertz CT molecular complexity index is 119. The predicted octanol–water partition coefficient (Wildman–Crippen LogP) is 2.14. The highest BCUT2D eigenvalue weighted by Crippen LogP contribution is 2.15. The molecule has 0 N–H and O–H groups in total. The van der Waals surface area contributed by atoms with E-state index in [0.717, 1.165) is 19.1 Å². The van der Waals surface area contributed by atoms with Crippen LogP contribution in [0.5, 0.6) is 0 Å². The molecular formula is C11H23NO. The van der Waals surface area contributed by atoms with Crippen LogP contribution in [0.2, 0.25) is 0 Å². The molecule has 0 amide bonds. The summed E-state index contributed by atoms with van der Waals surface area (Å²) in [6, 6.07) is 0. The maximum absolute atomic E-state index is 5.32. The first-order valence-electron chi connectivity index (χ1n) is 5.63. The van der Waals surface area contributed by atoms with Crippen molar-refractivity contribution in [1.82, 2.24) is 4.90 Å². The summed E-state index contributed by atoms with van der Waals surface area (Å²) in [6.45, 7) is 10.0. The monoisotopic (exact) mass is 185 g/mol. The van der Waals surface area contributed by atoms with Gasteiger partial charge in [-0.05, 0) is 45.2 Å². The average molecular weight is 185 g/mol. The molecule has 1 saturated heterocycles. The van der Waals surface area contributed by atoms with E-state index in [9.17, 15) is 0 Å². The largest absolute Gasteiger partial charge is 0.382 e. The summed E-state index contributed by atoms with van der Waals surface area (Å²) < 4.78 is 5.32. The molecular weight excluding hydrogens is 162 g/mol. The van der Waals surface area contributed by atoms with Gasteiger partial charge in [0.1, 0.15) is 0 Å². The first-order valence-corrected chi connectivity index (χ1v) is 5.63. The number of rotatable bonds is 5. The van der Waals surface area contributed by atoms with Crippen molar-refractivity contribution in [2.24, 2.45) is 5.92 Å². The highest BCUT2D eigenvalue weighted by molar-refractivity contribution is 4.68. The van der Waals surface area contributed by atoms with Crippen LogP contribution in [-0.2, 0) is 4.74 Å². The highest BCUT2D eigenvalue weighted by atomic mass is 16.5. The summed E-state index contributed by atoms with van der Waals surface area (Å²) in [5.41, 5.74) is 0. The molecule has 0 saturated carbocycles. The zero-order valence-electron chi connectivity index (χ0n) is 9.09. The van der Waals surface area contributed by atoms with Gasteiger partial charge in [0.05, 0.1) is 0 Å². The Kier molecular flexibility index (Phi) is 5.40. The van der Waals surface area contributed by atoms with Crippen molar-refractivity contribution in [1.29, 1.82) is 0 Å². The topological polar surface area (TPSA) is 12.5 Å². The predicted molar refractivity (Wildman–Crippen MR) is 55.9 cm³/mol. The van der Waals surface area contributed by atoms with Crippen molar-refractivity contribution >= 4 is 0 Å². The zero-order chi connectivity index (χ0) is 9.52. The number of likely N-dealkylation sites (tertiary alicyclic amines) is 1. The van der Waals surface area contributed by atoms with Crippen LogP contribution in [0.4, 0.5) is 0 Å². The van der Waals surface area contributed by atoms with E-state index < -0.39 is 0 Å². The van der Waals surface area contributed by atoms with E-state index in [-0.39, 0.29) is 0 Å². The van der Waals surface area contributed by atoms with Crippen molar-refractivity contribution in [2.75, 3.05) is 32.8 Å². The lowest BCUT2D eigenvalue weighted by molar-refractivity contribution is 0.122. The van der Waals surface area contributed by atoms with Crippen LogP contribution in [0, 0.1) is 5.92 Å². The minimum Gasteiger partial charge on any atom is -0.382 e. The molecule has 0 aromatic heterocycles. The fraction of sp³-hybridized carbons (Fsp3) is 1.00. The Balaban J connectivity index is 1.96. The van der Waals surface area contributed by atoms with Crippen molar-refractivity contribution in [3.05, 3.63) is 0 Å². The molecule has 1 aliphatic heterocycles. The lowest BCUT2D eigenvalue weighted by atomic mass is 9.99. The van der Waals surface area contributed by atoms with Crippen LogP contribution in [0.3, 0.4) is 0 Å². The number of hydrogen-bond acceptors (Lipinski definition) is 2. The second-order valence-electron chi connectivity index (χ2n) is 4.07. The van der Waals surface area contributed by atoms with Crippen LogP contribution < -0.4 is 0 Å². The maximum Gasteiger partial charge on any atom is 0.0478 e. The first kappa shape index (κ1) is 11.0. The minimum atomic E-state index is 0.858. The van der Waals surface area contributed by atoms with Gasteiger partial charge in [-0.1, -0.05) is 6.92 Å². The van der Waals surface area contributed by atoms with Gasteiger partial charge in [0.2, 0.25) is 0 Å². The van der Waals surface area contributed by atoms with Crippen LogP contribution in [-0.4, -0.2) is 37.7 Å². The van der Waals surface area contributed by atoms with Crippen molar-refractivity contribution in [3.63, 3.8) is 0 Å². The van der Waals surface area contributed by atoms with Gasteiger partial charge in [0, 0.05) is 19.8 Å². The summed E-state index contributed by atoms with van der Waals surface area (Å²) in [4.78, 5) is 2.57. The molecule has 0 aromatic carbocycles. The molecule has 0 atom stereocenters. The number of piperidine rings is 1. The lowest BCUT2D eigenvalue weighted by Gasteiger charge is -2.29. The van der Waals surface area contributed by atoms with Crippen molar-refractivity contribution < 1.29 is 4.74 Å². The molecule has 13 heavy (non-hydrogen) atoms. The molecule has 0 radical (unpaired) electrons. The maximum atomic E-state index is 5.32. The normalized spacial score (nSPS) is 20.8. The van der Waals surface area contributed by atoms with Gasteiger partial charge in [0.25, 0.3) is 0 Å². The Morgan fingerprint density at radius 2 is 2.00 bits per heavy atom. The molecule has 0 unspecified atom stereocenters. The minimum absolute atomic E-state index is 0.858. The lowest BCUT2D eigenvalue weighted by Crippen LogP contribution is -2.34. The molecule has 0 bridgehead atoms. The summed E-state index contributed by atoms with van der Waals surface area (Å²) in [5, 5.41) is 0. The van der Waals surface area contributed by atoms with Gasteiger partial charge in [-0.25, -0.2) is 0 Å². The Labute approximate surface area is 82.3 Å². The summed E-state index contributed by atoms with van der Waals surface area (Å²) in [5.74, 6) is 0.947. The fourth-order valence-corrected chi connectivity index (χ4v) is 1.82. The second-order valence-corrected chi connectivity index (χ2v) is 4.07. The molecule has 0 aliphatic carbocycles. The third-order valence-electron chi connectivity index (χ3n) is 2.84. The fourth-order valence-electron chi connectivity index (χ4n) is 1.82. The number of nitrogens with zero attached hydrogens (tertiary/aromatic N) is 1. The highest BCUT2D eigenvalue weighted by Gasteiger charge is 2.14. The SMILES string of the molecule is CCOCCCN1CCC(C)CC1. The molecule has 0 aromatic rings. The van der Waals surface area contributed by atoms with Crippen LogP contribution in [0.25, 0.3) is 0 Å². The molecule has 0 spiro atoms. The van der Waals surface area contributed by atoms with E-state index >= 15 is 0 Å². The number of ether oxygens (including phenoxy) is 1. The second kappa shape index (κ2) is 6.39. The third-order valence-corrected chi connectivity index (χ3v) is 2.84. The van der Waals surface area contributed by atoms with Gasteiger partial charge in [-0.15, -0.1) is 0 Å². The third kappa shape index (κ3) is 4.63. The molecule has 1 aliphatic rings. The van der Waals surface area contributed by atoms with E-state index in [1.807, 2.05) is 0 Å². The van der Waals surface area contributed by atoms with E-state index in [2.05, 4.69) is 18.7 Å². The summed E-state index contributed by atoms with van der Waals surface area (Å²) >= 11 is 0. The quantitative estimate of drug-likeness (QED) is 0.608. The van der Waals surface area contributed by atoms with E-state index in [4.69, 9.17) is 4.74 Å². The molecule has 2 nitrogen and oxygen atoms in total. The molecule has 1 heterocycles. The van der Waals surface area contributed by atoms with Gasteiger partial charge in [-0.3, -0.25) is 0 Å². The molecule has 2 heteroatoms. The van der Waals surface area contributed by atoms with E-state index in [0.29, 0.717) is 0 Å². The average Bonchev–Trinajstić information content (AvgIpc) is 2.15. The van der Waals surface area contributed by atoms with E-state index in [1.54, 1.807) is 0 Å². The summed E-state index contributed by atoms with van der Waals surface area (Å²) in [6.07, 6.45) is 3.96. The van der Waals surface area contributed by atoms with Crippen LogP contribution in [0.15, 0.2) is 0 Å². The van der Waals surface area contributed by atoms with Gasteiger partial charge >= 0.3 is 0 Å². The van der Waals surface area contributed by atoms with Gasteiger partial charge < -0.3 is 9.64 Å². The van der Waals surface area contributed by atoms with Gasteiger partial charge in [-0.2, -0.15) is 0 Å². The Hall–Kier alpha value is -0.0800. The Morgan fingerprint density at radius 1 is 1.31 bits per heavy atom. The van der Waals surface area contributed by atoms with Crippen LogP contribution in [0.1, 0.15) is 33.1 Å². The standard InChI is InChI=1S/C11H23NO/c1-3-13-10-4-7-12-8-5-11(2)6-9-12/h11H,3-10H2,1-2H3. The Morgan fingerprint density at radius 3 is 2.62 bits per heavy atom.